The first-order valence-corrected chi connectivity index (χ1v) is 17.9. The molecule has 0 aromatic heterocycles. The molecule has 2 unspecified atom stereocenters. The van der Waals surface area contributed by atoms with Crippen molar-refractivity contribution in [2.24, 2.45) is 0 Å². The molecule has 4 aliphatic rings. The van der Waals surface area contributed by atoms with E-state index in [0.29, 0.717) is 22.2 Å². The molecule has 208 valence electrons. The van der Waals surface area contributed by atoms with Crippen LogP contribution in [0.5, 0.6) is 0 Å². The fourth-order valence-corrected chi connectivity index (χ4v) is 16.3. The van der Waals surface area contributed by atoms with Gasteiger partial charge in [-0.25, -0.2) is 0 Å². The Morgan fingerprint density at radius 3 is 1.23 bits per heavy atom. The summed E-state index contributed by atoms with van der Waals surface area (Å²) in [5.74, 6) is 0. The van der Waals surface area contributed by atoms with E-state index in [1.165, 1.54) is 55.7 Å². The van der Waals surface area contributed by atoms with Crippen molar-refractivity contribution in [3.05, 3.63) is 179 Å². The maximum absolute atomic E-state index is 2.53. The Balaban J connectivity index is 1.40. The van der Waals surface area contributed by atoms with Crippen LogP contribution in [0.1, 0.15) is 47.2 Å². The third kappa shape index (κ3) is 3.95. The first-order valence-electron chi connectivity index (χ1n) is 15.6. The molecule has 43 heavy (non-hydrogen) atoms. The minimum atomic E-state index is -2.42. The lowest BCUT2D eigenvalue weighted by Crippen LogP contribution is -2.54. The van der Waals surface area contributed by atoms with E-state index in [1.807, 2.05) is 0 Å². The topological polar surface area (TPSA) is 0 Å². The van der Waals surface area contributed by atoms with Gasteiger partial charge in [0.15, 0.2) is 0 Å². The lowest BCUT2D eigenvalue weighted by molar-refractivity contribution is 0.886. The smallest absolute Gasteiger partial charge is 0.0802 e. The first-order chi connectivity index (χ1) is 21.2. The molecule has 0 saturated carbocycles. The molecule has 0 bridgehead atoms. The standard InChI is InChI=1S/C42H36Si/c1-29-27-39-35(31-15-5-3-6-16-31)23-13-25-37(39)41(29)43(33-19-9-10-20-33,34-21-11-12-22-34)42-30(2)28-40-36(24-14-26-38(40)42)32-17-7-4-8-18-32/h3-28,33-34,41-42H,1-2H3. The number of allylic oxidation sites excluding steroid dienone is 10. The van der Waals surface area contributed by atoms with E-state index < -0.39 is 8.07 Å². The van der Waals surface area contributed by atoms with Crippen molar-refractivity contribution in [3.8, 4) is 22.3 Å². The van der Waals surface area contributed by atoms with Gasteiger partial charge in [-0.15, -0.1) is 0 Å². The summed E-state index contributed by atoms with van der Waals surface area (Å²) in [6, 6.07) is 36.0. The van der Waals surface area contributed by atoms with Crippen LogP contribution in [0.3, 0.4) is 0 Å². The van der Waals surface area contributed by atoms with Crippen molar-refractivity contribution < 1.29 is 0 Å². The average Bonchev–Trinajstić information content (AvgIpc) is 3.87. The van der Waals surface area contributed by atoms with E-state index in [4.69, 9.17) is 0 Å². The molecule has 0 spiro atoms. The minimum absolute atomic E-state index is 0.389. The van der Waals surface area contributed by atoms with Crippen LogP contribution in [-0.4, -0.2) is 8.07 Å². The SMILES string of the molecule is CC1=Cc2c(-c3ccccc3)cccc2C1[Si](C1C=CC=C1)(C1C=CC=C1)C1C(C)=Cc2c(-c3ccccc3)cccc21. The van der Waals surface area contributed by atoms with Crippen molar-refractivity contribution in [3.63, 3.8) is 0 Å². The van der Waals surface area contributed by atoms with Gasteiger partial charge in [0.05, 0.1) is 8.07 Å². The van der Waals surface area contributed by atoms with Crippen LogP contribution in [0.25, 0.3) is 34.4 Å². The highest BCUT2D eigenvalue weighted by Crippen LogP contribution is 2.63. The zero-order valence-electron chi connectivity index (χ0n) is 24.8. The molecule has 1 heteroatoms. The van der Waals surface area contributed by atoms with Gasteiger partial charge in [-0.2, -0.15) is 0 Å². The van der Waals surface area contributed by atoms with Crippen molar-refractivity contribution in [1.82, 2.24) is 0 Å². The van der Waals surface area contributed by atoms with E-state index in [-0.39, 0.29) is 0 Å². The fraction of sp³-hybridized carbons (Fsp3) is 0.143. The molecule has 0 heterocycles. The molecule has 0 fully saturated rings. The van der Waals surface area contributed by atoms with E-state index in [9.17, 15) is 0 Å². The molecule has 0 amide bonds. The van der Waals surface area contributed by atoms with Crippen LogP contribution >= 0.6 is 0 Å². The molecule has 4 aliphatic carbocycles. The van der Waals surface area contributed by atoms with Gasteiger partial charge in [0.2, 0.25) is 0 Å². The highest BCUT2D eigenvalue weighted by atomic mass is 28.3. The second-order valence-corrected chi connectivity index (χ2v) is 17.1. The number of hydrogen-bond acceptors (Lipinski definition) is 0. The monoisotopic (exact) mass is 568 g/mol. The van der Waals surface area contributed by atoms with E-state index in [0.717, 1.165) is 0 Å². The second kappa shape index (κ2) is 10.4. The lowest BCUT2D eigenvalue weighted by atomic mass is 9.97. The molecule has 0 nitrogen and oxygen atoms in total. The number of benzene rings is 4. The predicted octanol–water partition coefficient (Wildman–Crippen LogP) is 11.2. The van der Waals surface area contributed by atoms with Crippen LogP contribution in [0.2, 0.25) is 11.1 Å². The summed E-state index contributed by atoms with van der Waals surface area (Å²) in [5, 5.41) is 0. The molecule has 0 aliphatic heterocycles. The summed E-state index contributed by atoms with van der Waals surface area (Å²) in [7, 11) is -2.42. The summed E-state index contributed by atoms with van der Waals surface area (Å²) in [5.41, 5.74) is 15.8. The summed E-state index contributed by atoms with van der Waals surface area (Å²) >= 11 is 0. The van der Waals surface area contributed by atoms with Crippen LogP contribution in [0.15, 0.2) is 157 Å². The normalized spacial score (nSPS) is 20.5. The van der Waals surface area contributed by atoms with E-state index in [1.54, 1.807) is 0 Å². The molecule has 0 N–H and O–H groups in total. The third-order valence-corrected chi connectivity index (χ3v) is 17.0. The zero-order valence-corrected chi connectivity index (χ0v) is 25.8. The highest BCUT2D eigenvalue weighted by molar-refractivity contribution is 6.88. The summed E-state index contributed by atoms with van der Waals surface area (Å²) in [6.45, 7) is 4.84. The highest BCUT2D eigenvalue weighted by Gasteiger charge is 2.59. The number of fused-ring (bicyclic) bond motifs is 2. The second-order valence-electron chi connectivity index (χ2n) is 12.6. The average molecular weight is 569 g/mol. The Morgan fingerprint density at radius 2 is 0.837 bits per heavy atom. The fourth-order valence-electron chi connectivity index (χ4n) is 8.86. The van der Waals surface area contributed by atoms with Gasteiger partial charge in [0.1, 0.15) is 0 Å². The summed E-state index contributed by atoms with van der Waals surface area (Å²) in [6.07, 6.45) is 24.4. The van der Waals surface area contributed by atoms with Crippen molar-refractivity contribution >= 4 is 20.2 Å². The summed E-state index contributed by atoms with van der Waals surface area (Å²) in [4.78, 5) is 0. The molecular weight excluding hydrogens is 533 g/mol. The minimum Gasteiger partial charge on any atom is -0.0802 e. The van der Waals surface area contributed by atoms with Gasteiger partial charge in [-0.1, -0.05) is 169 Å². The van der Waals surface area contributed by atoms with Crippen molar-refractivity contribution in [2.45, 2.75) is 36.0 Å². The zero-order chi connectivity index (χ0) is 29.0. The molecule has 0 radical (unpaired) electrons. The van der Waals surface area contributed by atoms with Gasteiger partial charge < -0.3 is 0 Å². The lowest BCUT2D eigenvalue weighted by Gasteiger charge is -2.50. The van der Waals surface area contributed by atoms with Gasteiger partial charge in [-0.3, -0.25) is 0 Å². The van der Waals surface area contributed by atoms with Crippen LogP contribution in [-0.2, 0) is 0 Å². The Morgan fingerprint density at radius 1 is 0.442 bits per heavy atom. The van der Waals surface area contributed by atoms with Crippen molar-refractivity contribution in [2.75, 3.05) is 0 Å². The van der Waals surface area contributed by atoms with Gasteiger partial charge in [-0.05, 0) is 69.4 Å². The molecular formula is C42H36Si. The molecule has 8 rings (SSSR count). The van der Waals surface area contributed by atoms with Gasteiger partial charge in [0, 0.05) is 11.1 Å². The van der Waals surface area contributed by atoms with Gasteiger partial charge >= 0.3 is 0 Å². The van der Waals surface area contributed by atoms with Crippen LogP contribution < -0.4 is 0 Å². The molecule has 2 atom stereocenters. The van der Waals surface area contributed by atoms with Crippen molar-refractivity contribution in [1.29, 1.82) is 0 Å². The maximum Gasteiger partial charge on any atom is 0.0989 e. The third-order valence-electron chi connectivity index (χ3n) is 10.4. The first kappa shape index (κ1) is 26.2. The quantitative estimate of drug-likeness (QED) is 0.203. The molecule has 4 aromatic rings. The Hall–Kier alpha value is -4.46. The van der Waals surface area contributed by atoms with Crippen LogP contribution in [0, 0.1) is 0 Å². The van der Waals surface area contributed by atoms with Gasteiger partial charge in [0.25, 0.3) is 0 Å². The molecule has 0 saturated heterocycles. The number of hydrogen-bond donors (Lipinski definition) is 0. The van der Waals surface area contributed by atoms with Crippen LogP contribution in [0.4, 0.5) is 0 Å². The Bertz CT molecular complexity index is 1730. The maximum atomic E-state index is 2.53. The van der Waals surface area contributed by atoms with E-state index >= 15 is 0 Å². The predicted molar refractivity (Wildman–Crippen MR) is 186 cm³/mol. The number of rotatable bonds is 6. The largest absolute Gasteiger partial charge is 0.0989 e. The van der Waals surface area contributed by atoms with E-state index in [2.05, 4.69) is 172 Å². The molecule has 4 aromatic carbocycles. The summed E-state index contributed by atoms with van der Waals surface area (Å²) < 4.78 is 0. The Kier molecular flexibility index (Phi) is 6.31. The Labute approximate surface area is 256 Å².